The molecule has 5 nitrogen and oxygen atoms in total. The summed E-state index contributed by atoms with van der Waals surface area (Å²) in [6, 6.07) is 8.99. The SMILES string of the molecule is ClCCC1SC2(CCNCC2)c2ccccc21.O=C(O)/C=C\C(=O)O. The van der Waals surface area contributed by atoms with E-state index in [1.54, 1.807) is 11.1 Å². The summed E-state index contributed by atoms with van der Waals surface area (Å²) in [6.07, 6.45) is 4.73. The van der Waals surface area contributed by atoms with Gasteiger partial charge in [-0.25, -0.2) is 9.59 Å². The van der Waals surface area contributed by atoms with Crippen molar-refractivity contribution in [2.75, 3.05) is 19.0 Å². The van der Waals surface area contributed by atoms with Gasteiger partial charge < -0.3 is 15.5 Å². The second-order valence-corrected chi connectivity index (χ2v) is 7.89. The van der Waals surface area contributed by atoms with Crippen LogP contribution >= 0.6 is 23.4 Å². The Hall–Kier alpha value is -1.50. The number of piperidine rings is 1. The van der Waals surface area contributed by atoms with Crippen LogP contribution in [0.25, 0.3) is 0 Å². The molecule has 7 heteroatoms. The number of fused-ring (bicyclic) bond motifs is 2. The molecule has 25 heavy (non-hydrogen) atoms. The number of hydrogen-bond donors (Lipinski definition) is 3. The standard InChI is InChI=1S/C14H18ClNS.C4H4O4/c15-8-5-13-11-3-1-2-4-12(11)14(17-13)6-9-16-10-7-14;5-3(6)1-2-4(7)8/h1-4,13,16H,5-10H2;1-2H,(H,5,6)(H,7,8)/b;2-1-. The Kier molecular flexibility index (Phi) is 7.35. The average Bonchev–Trinajstić information content (AvgIpc) is 2.89. The lowest BCUT2D eigenvalue weighted by molar-refractivity contribution is -0.134. The maximum absolute atomic E-state index is 9.55. The normalized spacial score (nSPS) is 20.8. The maximum atomic E-state index is 9.55. The number of benzene rings is 1. The molecule has 2 aliphatic rings. The van der Waals surface area contributed by atoms with Crippen LogP contribution in [-0.4, -0.2) is 41.1 Å². The Bertz CT molecular complexity index is 628. The van der Waals surface area contributed by atoms with Crippen LogP contribution in [0.2, 0.25) is 0 Å². The molecule has 0 aromatic heterocycles. The van der Waals surface area contributed by atoms with Crippen LogP contribution in [0, 0.1) is 0 Å². The average molecular weight is 384 g/mol. The summed E-state index contributed by atoms with van der Waals surface area (Å²) < 4.78 is 0.374. The van der Waals surface area contributed by atoms with E-state index < -0.39 is 11.9 Å². The summed E-state index contributed by atoms with van der Waals surface area (Å²) in [6.45, 7) is 2.30. The fraction of sp³-hybridized carbons (Fsp3) is 0.444. The third-order valence-electron chi connectivity index (χ3n) is 4.32. The van der Waals surface area contributed by atoms with E-state index in [9.17, 15) is 9.59 Å². The predicted octanol–water partition coefficient (Wildman–Crippen LogP) is 3.39. The highest BCUT2D eigenvalue weighted by atomic mass is 35.5. The number of halogens is 1. The molecule has 0 amide bonds. The molecule has 2 heterocycles. The highest BCUT2D eigenvalue weighted by Gasteiger charge is 2.44. The van der Waals surface area contributed by atoms with Gasteiger partial charge in [0.2, 0.25) is 0 Å². The second-order valence-electron chi connectivity index (χ2n) is 5.93. The molecule has 0 aliphatic carbocycles. The summed E-state index contributed by atoms with van der Waals surface area (Å²) >= 11 is 8.11. The highest BCUT2D eigenvalue weighted by Crippen LogP contribution is 2.59. The van der Waals surface area contributed by atoms with E-state index in [0.717, 1.165) is 25.4 Å². The molecule has 0 bridgehead atoms. The molecule has 2 aliphatic heterocycles. The van der Waals surface area contributed by atoms with Gasteiger partial charge >= 0.3 is 11.9 Å². The predicted molar refractivity (Wildman–Crippen MR) is 100 cm³/mol. The molecule has 0 saturated carbocycles. The monoisotopic (exact) mass is 383 g/mol. The van der Waals surface area contributed by atoms with E-state index in [4.69, 9.17) is 21.8 Å². The van der Waals surface area contributed by atoms with Crippen LogP contribution in [-0.2, 0) is 14.3 Å². The summed E-state index contributed by atoms with van der Waals surface area (Å²) in [5.74, 6) is -1.75. The van der Waals surface area contributed by atoms with Gasteiger partial charge in [-0.3, -0.25) is 0 Å². The van der Waals surface area contributed by atoms with E-state index in [0.29, 0.717) is 22.1 Å². The molecule has 3 rings (SSSR count). The lowest BCUT2D eigenvalue weighted by Crippen LogP contribution is -2.36. The summed E-state index contributed by atoms with van der Waals surface area (Å²) in [7, 11) is 0. The quantitative estimate of drug-likeness (QED) is 0.545. The van der Waals surface area contributed by atoms with Crippen molar-refractivity contribution in [1.82, 2.24) is 5.32 Å². The van der Waals surface area contributed by atoms with Gasteiger partial charge in [-0.15, -0.1) is 23.4 Å². The molecular weight excluding hydrogens is 362 g/mol. The molecule has 1 saturated heterocycles. The molecule has 0 radical (unpaired) electrons. The van der Waals surface area contributed by atoms with Crippen molar-refractivity contribution in [1.29, 1.82) is 0 Å². The van der Waals surface area contributed by atoms with Crippen molar-refractivity contribution in [3.63, 3.8) is 0 Å². The van der Waals surface area contributed by atoms with Gasteiger partial charge in [-0.2, -0.15) is 0 Å². The van der Waals surface area contributed by atoms with Gasteiger partial charge in [0, 0.05) is 28.0 Å². The largest absolute Gasteiger partial charge is 0.478 e. The van der Waals surface area contributed by atoms with Crippen molar-refractivity contribution in [3.05, 3.63) is 47.5 Å². The second kappa shape index (κ2) is 9.27. The minimum atomic E-state index is -1.26. The Morgan fingerprint density at radius 2 is 1.80 bits per heavy atom. The highest BCUT2D eigenvalue weighted by molar-refractivity contribution is 8.00. The number of aliphatic carboxylic acids is 2. The number of nitrogens with one attached hydrogen (secondary N) is 1. The fourth-order valence-electron chi connectivity index (χ4n) is 3.27. The molecule has 1 atom stereocenters. The number of rotatable bonds is 4. The lowest BCUT2D eigenvalue weighted by atomic mass is 9.85. The zero-order valence-electron chi connectivity index (χ0n) is 13.8. The van der Waals surface area contributed by atoms with E-state index in [-0.39, 0.29) is 0 Å². The lowest BCUT2D eigenvalue weighted by Gasteiger charge is -2.34. The summed E-state index contributed by atoms with van der Waals surface area (Å²) in [5, 5.41) is 19.7. The van der Waals surface area contributed by atoms with E-state index in [2.05, 4.69) is 41.3 Å². The van der Waals surface area contributed by atoms with Gasteiger partial charge in [0.05, 0.1) is 0 Å². The third kappa shape index (κ3) is 5.23. The van der Waals surface area contributed by atoms with Crippen molar-refractivity contribution in [2.24, 2.45) is 0 Å². The summed E-state index contributed by atoms with van der Waals surface area (Å²) in [4.78, 5) is 19.1. The fourth-order valence-corrected chi connectivity index (χ4v) is 5.48. The van der Waals surface area contributed by atoms with Crippen LogP contribution in [0.5, 0.6) is 0 Å². The number of thioether (sulfide) groups is 1. The first-order chi connectivity index (χ1) is 12.0. The number of carboxylic acids is 2. The molecule has 3 N–H and O–H groups in total. The molecule has 1 unspecified atom stereocenters. The van der Waals surface area contributed by atoms with Crippen molar-refractivity contribution >= 4 is 35.3 Å². The molecule has 1 aromatic carbocycles. The Labute approximate surface area is 156 Å². The van der Waals surface area contributed by atoms with Crippen molar-refractivity contribution in [2.45, 2.75) is 29.3 Å². The van der Waals surface area contributed by atoms with E-state index in [1.807, 2.05) is 0 Å². The van der Waals surface area contributed by atoms with Crippen molar-refractivity contribution < 1.29 is 19.8 Å². The maximum Gasteiger partial charge on any atom is 0.328 e. The zero-order chi connectivity index (χ0) is 18.3. The number of hydrogen-bond acceptors (Lipinski definition) is 4. The van der Waals surface area contributed by atoms with Gasteiger partial charge in [-0.05, 0) is 43.5 Å². The summed E-state index contributed by atoms with van der Waals surface area (Å²) in [5.41, 5.74) is 3.13. The topological polar surface area (TPSA) is 86.6 Å². The van der Waals surface area contributed by atoms with Crippen LogP contribution < -0.4 is 5.32 Å². The van der Waals surface area contributed by atoms with E-state index in [1.165, 1.54) is 12.8 Å². The first kappa shape index (κ1) is 19.8. The Morgan fingerprint density at radius 1 is 1.20 bits per heavy atom. The molecule has 1 spiro atoms. The molecule has 1 fully saturated rings. The van der Waals surface area contributed by atoms with E-state index >= 15 is 0 Å². The van der Waals surface area contributed by atoms with Crippen LogP contribution in [0.15, 0.2) is 36.4 Å². The van der Waals surface area contributed by atoms with Gasteiger partial charge in [0.15, 0.2) is 0 Å². The smallest absolute Gasteiger partial charge is 0.328 e. The first-order valence-corrected chi connectivity index (χ1v) is 9.58. The minimum Gasteiger partial charge on any atom is -0.478 e. The van der Waals surface area contributed by atoms with Crippen LogP contribution in [0.4, 0.5) is 0 Å². The third-order valence-corrected chi connectivity index (χ3v) is 6.39. The molecular formula is C18H22ClNO4S. The minimum absolute atomic E-state index is 0.374. The number of carboxylic acid groups (broad SMARTS) is 2. The number of alkyl halides is 1. The zero-order valence-corrected chi connectivity index (χ0v) is 15.4. The number of carbonyl (C=O) groups is 2. The molecule has 1 aromatic rings. The van der Waals surface area contributed by atoms with Crippen LogP contribution in [0.3, 0.4) is 0 Å². The van der Waals surface area contributed by atoms with Gasteiger partial charge in [0.1, 0.15) is 0 Å². The van der Waals surface area contributed by atoms with Gasteiger partial charge in [0.25, 0.3) is 0 Å². The first-order valence-electron chi connectivity index (χ1n) is 8.16. The van der Waals surface area contributed by atoms with Crippen LogP contribution in [0.1, 0.15) is 35.6 Å². The molecule has 136 valence electrons. The Morgan fingerprint density at radius 3 is 2.36 bits per heavy atom. The Balaban J connectivity index is 0.000000242. The van der Waals surface area contributed by atoms with Gasteiger partial charge in [-0.1, -0.05) is 24.3 Å². The van der Waals surface area contributed by atoms with Crippen molar-refractivity contribution in [3.8, 4) is 0 Å².